The number of ether oxygens (including phenoxy) is 1. The molecule has 138 valence electrons. The topological polar surface area (TPSA) is 92.1 Å². The van der Waals surface area contributed by atoms with E-state index in [4.69, 9.17) is 4.74 Å². The fourth-order valence-corrected chi connectivity index (χ4v) is 3.77. The fraction of sp³-hybridized carbons (Fsp3) is 0.529. The summed E-state index contributed by atoms with van der Waals surface area (Å²) in [5, 5.41) is 7.21. The predicted octanol–water partition coefficient (Wildman–Crippen LogP) is 0.292. The van der Waals surface area contributed by atoms with Crippen LogP contribution >= 0.6 is 0 Å². The molecular weight excluding hydrogens is 336 g/mol. The lowest BCUT2D eigenvalue weighted by Crippen LogP contribution is -2.53. The SMILES string of the molecule is COCCN1C(=O)N[C@@H]2CN(C(=O)c3cnn4ccc(C)nc34)CC[C@@H]21. The first-order chi connectivity index (χ1) is 12.6. The van der Waals surface area contributed by atoms with Gasteiger partial charge in [0.2, 0.25) is 0 Å². The molecule has 0 saturated carbocycles. The summed E-state index contributed by atoms with van der Waals surface area (Å²) in [6.07, 6.45) is 4.10. The number of hydrogen-bond donors (Lipinski definition) is 1. The molecule has 9 heteroatoms. The lowest BCUT2D eigenvalue weighted by atomic mass is 9.99. The summed E-state index contributed by atoms with van der Waals surface area (Å²) >= 11 is 0. The third-order valence-corrected chi connectivity index (χ3v) is 5.11. The minimum absolute atomic E-state index is 0.0615. The van der Waals surface area contributed by atoms with Crippen molar-refractivity contribution in [2.75, 3.05) is 33.4 Å². The second kappa shape index (κ2) is 6.56. The van der Waals surface area contributed by atoms with E-state index in [2.05, 4.69) is 15.4 Å². The van der Waals surface area contributed by atoms with E-state index in [1.807, 2.05) is 17.9 Å². The molecule has 0 unspecified atom stereocenters. The van der Waals surface area contributed by atoms with Gasteiger partial charge in [0.15, 0.2) is 5.65 Å². The first-order valence-corrected chi connectivity index (χ1v) is 8.75. The zero-order valence-electron chi connectivity index (χ0n) is 14.9. The first kappa shape index (κ1) is 16.8. The number of carbonyl (C=O) groups excluding carboxylic acids is 2. The molecule has 0 aromatic carbocycles. The van der Waals surface area contributed by atoms with Crippen molar-refractivity contribution in [3.05, 3.63) is 29.7 Å². The smallest absolute Gasteiger partial charge is 0.318 e. The Balaban J connectivity index is 1.51. The number of carbonyl (C=O) groups is 2. The van der Waals surface area contributed by atoms with Crippen molar-refractivity contribution in [2.24, 2.45) is 0 Å². The van der Waals surface area contributed by atoms with Crippen molar-refractivity contribution in [1.82, 2.24) is 29.7 Å². The van der Waals surface area contributed by atoms with Gasteiger partial charge in [-0.25, -0.2) is 14.3 Å². The molecule has 4 rings (SSSR count). The van der Waals surface area contributed by atoms with Crippen molar-refractivity contribution in [1.29, 1.82) is 0 Å². The summed E-state index contributed by atoms with van der Waals surface area (Å²) in [6, 6.07) is 1.81. The number of hydrogen-bond acceptors (Lipinski definition) is 5. The Hall–Kier alpha value is -2.68. The van der Waals surface area contributed by atoms with E-state index in [9.17, 15) is 9.59 Å². The van der Waals surface area contributed by atoms with Gasteiger partial charge in [0, 0.05) is 38.6 Å². The first-order valence-electron chi connectivity index (χ1n) is 8.75. The molecule has 0 aliphatic carbocycles. The molecule has 2 atom stereocenters. The Morgan fingerprint density at radius 2 is 2.31 bits per heavy atom. The third-order valence-electron chi connectivity index (χ3n) is 5.11. The van der Waals surface area contributed by atoms with Gasteiger partial charge in [0.05, 0.1) is 24.9 Å². The number of likely N-dealkylation sites (tertiary alicyclic amines) is 1. The molecule has 2 aromatic rings. The number of fused-ring (bicyclic) bond motifs is 2. The zero-order valence-corrected chi connectivity index (χ0v) is 14.9. The maximum Gasteiger partial charge on any atom is 0.318 e. The molecule has 2 aliphatic heterocycles. The Morgan fingerprint density at radius 3 is 3.12 bits per heavy atom. The normalized spacial score (nSPS) is 22.6. The van der Waals surface area contributed by atoms with E-state index < -0.39 is 0 Å². The lowest BCUT2D eigenvalue weighted by molar-refractivity contribution is 0.0644. The van der Waals surface area contributed by atoms with E-state index in [0.717, 1.165) is 12.1 Å². The highest BCUT2D eigenvalue weighted by Gasteiger charge is 2.43. The molecular formula is C17H22N6O3. The average molecular weight is 358 g/mol. The van der Waals surface area contributed by atoms with Gasteiger partial charge < -0.3 is 19.9 Å². The highest BCUT2D eigenvalue weighted by molar-refractivity contribution is 5.99. The number of rotatable bonds is 4. The summed E-state index contributed by atoms with van der Waals surface area (Å²) < 4.78 is 6.70. The molecule has 2 aliphatic rings. The number of nitrogens with one attached hydrogen (secondary N) is 1. The molecule has 9 nitrogen and oxygen atoms in total. The Labute approximate surface area is 150 Å². The molecule has 0 spiro atoms. The quantitative estimate of drug-likeness (QED) is 0.848. The average Bonchev–Trinajstić information content (AvgIpc) is 3.18. The summed E-state index contributed by atoms with van der Waals surface area (Å²) in [7, 11) is 1.62. The molecule has 0 bridgehead atoms. The summed E-state index contributed by atoms with van der Waals surface area (Å²) in [6.45, 7) is 4.04. The maximum atomic E-state index is 13.0. The zero-order chi connectivity index (χ0) is 18.3. The second-order valence-corrected chi connectivity index (χ2v) is 6.74. The van der Waals surface area contributed by atoms with Crippen LogP contribution in [0.4, 0.5) is 4.79 Å². The van der Waals surface area contributed by atoms with Crippen molar-refractivity contribution in [3.8, 4) is 0 Å². The number of methoxy groups -OCH3 is 1. The number of nitrogens with zero attached hydrogens (tertiary/aromatic N) is 5. The molecule has 2 aromatic heterocycles. The van der Waals surface area contributed by atoms with Crippen molar-refractivity contribution < 1.29 is 14.3 Å². The number of piperidine rings is 1. The monoisotopic (exact) mass is 358 g/mol. The van der Waals surface area contributed by atoms with Crippen molar-refractivity contribution in [3.63, 3.8) is 0 Å². The van der Waals surface area contributed by atoms with Crippen LogP contribution in [0.1, 0.15) is 22.5 Å². The van der Waals surface area contributed by atoms with Crippen LogP contribution in [-0.2, 0) is 4.74 Å². The number of urea groups is 1. The van der Waals surface area contributed by atoms with Crippen LogP contribution in [0.25, 0.3) is 5.65 Å². The molecule has 2 fully saturated rings. The van der Waals surface area contributed by atoms with Gasteiger partial charge in [-0.1, -0.05) is 0 Å². The molecule has 2 saturated heterocycles. The number of amides is 3. The second-order valence-electron chi connectivity index (χ2n) is 6.74. The van der Waals surface area contributed by atoms with Crippen LogP contribution in [-0.4, -0.2) is 81.8 Å². The van der Waals surface area contributed by atoms with Crippen LogP contribution in [0.5, 0.6) is 0 Å². The van der Waals surface area contributed by atoms with Gasteiger partial charge in [0.25, 0.3) is 5.91 Å². The predicted molar refractivity (Wildman–Crippen MR) is 92.9 cm³/mol. The molecule has 26 heavy (non-hydrogen) atoms. The van der Waals surface area contributed by atoms with E-state index in [1.54, 1.807) is 28.9 Å². The van der Waals surface area contributed by atoms with E-state index in [0.29, 0.717) is 37.5 Å². The van der Waals surface area contributed by atoms with Crippen molar-refractivity contribution >= 4 is 17.6 Å². The summed E-state index contributed by atoms with van der Waals surface area (Å²) in [5.41, 5.74) is 1.89. The van der Waals surface area contributed by atoms with Gasteiger partial charge in [0.1, 0.15) is 5.56 Å². The van der Waals surface area contributed by atoms with Crippen LogP contribution in [0.3, 0.4) is 0 Å². The highest BCUT2D eigenvalue weighted by atomic mass is 16.5. The van der Waals surface area contributed by atoms with Gasteiger partial charge in [-0.05, 0) is 19.4 Å². The van der Waals surface area contributed by atoms with Crippen LogP contribution < -0.4 is 5.32 Å². The largest absolute Gasteiger partial charge is 0.383 e. The molecule has 4 heterocycles. The Morgan fingerprint density at radius 1 is 1.46 bits per heavy atom. The third kappa shape index (κ3) is 2.78. The van der Waals surface area contributed by atoms with E-state index in [-0.39, 0.29) is 24.0 Å². The van der Waals surface area contributed by atoms with Gasteiger partial charge in [-0.15, -0.1) is 0 Å². The Kier molecular flexibility index (Phi) is 4.23. The van der Waals surface area contributed by atoms with E-state index >= 15 is 0 Å². The minimum Gasteiger partial charge on any atom is -0.383 e. The standard InChI is InChI=1S/C17H22N6O3/c1-11-3-6-23-15(19-11)12(9-18-23)16(24)21-5-4-14-13(10-21)20-17(25)22(14)7-8-26-2/h3,6,9,13-14H,4-5,7-8,10H2,1-2H3,(H,20,25)/t13-,14+/m1/s1. The molecule has 3 amide bonds. The van der Waals surface area contributed by atoms with Gasteiger partial charge in [-0.3, -0.25) is 4.79 Å². The lowest BCUT2D eigenvalue weighted by Gasteiger charge is -2.36. The summed E-state index contributed by atoms with van der Waals surface area (Å²) in [5.74, 6) is -0.0962. The highest BCUT2D eigenvalue weighted by Crippen LogP contribution is 2.24. The minimum atomic E-state index is -0.0962. The Bertz CT molecular complexity index is 850. The van der Waals surface area contributed by atoms with Crippen molar-refractivity contribution in [2.45, 2.75) is 25.4 Å². The molecule has 0 radical (unpaired) electrons. The summed E-state index contributed by atoms with van der Waals surface area (Å²) in [4.78, 5) is 33.2. The molecule has 1 N–H and O–H groups in total. The van der Waals surface area contributed by atoms with Crippen LogP contribution in [0.2, 0.25) is 0 Å². The van der Waals surface area contributed by atoms with Gasteiger partial charge in [-0.2, -0.15) is 5.10 Å². The van der Waals surface area contributed by atoms with Crippen LogP contribution in [0.15, 0.2) is 18.5 Å². The van der Waals surface area contributed by atoms with Crippen LogP contribution in [0, 0.1) is 6.92 Å². The van der Waals surface area contributed by atoms with E-state index in [1.165, 1.54) is 0 Å². The number of aryl methyl sites for hydroxylation is 1. The maximum absolute atomic E-state index is 13.0. The number of aromatic nitrogens is 3. The fourth-order valence-electron chi connectivity index (χ4n) is 3.77. The van der Waals surface area contributed by atoms with Gasteiger partial charge >= 0.3 is 6.03 Å².